The molecule has 1 unspecified atom stereocenters. The Morgan fingerprint density at radius 3 is 2.96 bits per heavy atom. The van der Waals surface area contributed by atoms with E-state index < -0.39 is 11.7 Å². The van der Waals surface area contributed by atoms with Crippen LogP contribution in [0, 0.1) is 5.82 Å². The summed E-state index contributed by atoms with van der Waals surface area (Å²) in [5.41, 5.74) is 2.98. The molecule has 6 heteroatoms. The molecule has 2 N–H and O–H groups in total. The highest BCUT2D eigenvalue weighted by Crippen LogP contribution is 2.32. The molecule has 2 amide bonds. The lowest BCUT2D eigenvalue weighted by atomic mass is 9.89. The third-order valence-electron chi connectivity index (χ3n) is 4.78. The van der Waals surface area contributed by atoms with E-state index in [0.29, 0.717) is 24.2 Å². The second kappa shape index (κ2) is 7.15. The van der Waals surface area contributed by atoms with E-state index in [0.717, 1.165) is 16.5 Å². The van der Waals surface area contributed by atoms with Gasteiger partial charge in [0.1, 0.15) is 5.82 Å². The molecule has 136 valence electrons. The van der Waals surface area contributed by atoms with E-state index in [9.17, 15) is 14.0 Å². The van der Waals surface area contributed by atoms with Crippen molar-refractivity contribution in [3.8, 4) is 0 Å². The molecule has 2 aromatic carbocycles. The van der Waals surface area contributed by atoms with Crippen LogP contribution in [0.3, 0.4) is 0 Å². The largest absolute Gasteiger partial charge is 0.355 e. The SMILES string of the molecule is O=C1CC(C(=O)NCCc2cccc3cccnc23)c2ccc(F)cc2N1. The van der Waals surface area contributed by atoms with Gasteiger partial charge in [0.15, 0.2) is 0 Å². The first-order chi connectivity index (χ1) is 13.1. The van der Waals surface area contributed by atoms with Gasteiger partial charge < -0.3 is 10.6 Å². The highest BCUT2D eigenvalue weighted by Gasteiger charge is 2.30. The number of fused-ring (bicyclic) bond motifs is 2. The average Bonchev–Trinajstić information content (AvgIpc) is 2.67. The molecule has 1 atom stereocenters. The van der Waals surface area contributed by atoms with Crippen molar-refractivity contribution in [3.05, 3.63) is 71.7 Å². The predicted molar refractivity (Wildman–Crippen MR) is 101 cm³/mol. The van der Waals surface area contributed by atoms with Crippen LogP contribution < -0.4 is 10.6 Å². The highest BCUT2D eigenvalue weighted by atomic mass is 19.1. The molecule has 0 saturated heterocycles. The number of para-hydroxylation sites is 1. The molecule has 0 saturated carbocycles. The molecular weight excluding hydrogens is 345 g/mol. The summed E-state index contributed by atoms with van der Waals surface area (Å²) in [7, 11) is 0. The zero-order valence-electron chi connectivity index (χ0n) is 14.5. The Morgan fingerprint density at radius 1 is 1.22 bits per heavy atom. The van der Waals surface area contributed by atoms with E-state index in [4.69, 9.17) is 0 Å². The number of anilines is 1. The number of benzene rings is 2. The molecule has 5 nitrogen and oxygen atoms in total. The summed E-state index contributed by atoms with van der Waals surface area (Å²) < 4.78 is 13.4. The minimum absolute atomic E-state index is 0.0558. The molecule has 0 bridgehead atoms. The van der Waals surface area contributed by atoms with Crippen LogP contribution in [-0.4, -0.2) is 23.3 Å². The van der Waals surface area contributed by atoms with Crippen molar-refractivity contribution >= 4 is 28.4 Å². The molecule has 1 aliphatic rings. The molecule has 0 aliphatic carbocycles. The summed E-state index contributed by atoms with van der Waals surface area (Å²) in [6.07, 6.45) is 2.44. The number of aromatic nitrogens is 1. The number of hydrogen-bond acceptors (Lipinski definition) is 3. The summed E-state index contributed by atoms with van der Waals surface area (Å²) >= 11 is 0. The molecule has 0 radical (unpaired) electrons. The van der Waals surface area contributed by atoms with Crippen molar-refractivity contribution in [3.63, 3.8) is 0 Å². The van der Waals surface area contributed by atoms with Gasteiger partial charge in [0.2, 0.25) is 11.8 Å². The third-order valence-corrected chi connectivity index (χ3v) is 4.78. The van der Waals surface area contributed by atoms with Crippen LogP contribution >= 0.6 is 0 Å². The molecule has 2 heterocycles. The van der Waals surface area contributed by atoms with Gasteiger partial charge in [-0.3, -0.25) is 14.6 Å². The van der Waals surface area contributed by atoms with E-state index in [1.807, 2.05) is 30.3 Å². The van der Waals surface area contributed by atoms with Crippen molar-refractivity contribution in [2.45, 2.75) is 18.8 Å². The van der Waals surface area contributed by atoms with E-state index in [-0.39, 0.29) is 18.2 Å². The maximum Gasteiger partial charge on any atom is 0.228 e. The standard InChI is InChI=1S/C21H18FN3O2/c22-15-6-7-16-17(12-19(26)25-18(16)11-15)21(27)24-10-8-14-4-1-3-13-5-2-9-23-20(13)14/h1-7,9,11,17H,8,10,12H2,(H,24,27)(H,25,26). The van der Waals surface area contributed by atoms with Crippen LogP contribution in [0.1, 0.15) is 23.5 Å². The summed E-state index contributed by atoms with van der Waals surface area (Å²) in [6.45, 7) is 0.434. The quantitative estimate of drug-likeness (QED) is 0.748. The number of pyridine rings is 1. The van der Waals surface area contributed by atoms with Crippen LogP contribution in [-0.2, 0) is 16.0 Å². The maximum atomic E-state index is 13.4. The Morgan fingerprint density at radius 2 is 2.07 bits per heavy atom. The Kier molecular flexibility index (Phi) is 4.54. The van der Waals surface area contributed by atoms with Crippen LogP contribution in [0.15, 0.2) is 54.7 Å². The Labute approximate surface area is 155 Å². The van der Waals surface area contributed by atoms with E-state index in [1.165, 1.54) is 12.1 Å². The number of carbonyl (C=O) groups excluding carboxylic acids is 2. The second-order valence-electron chi connectivity index (χ2n) is 6.57. The van der Waals surface area contributed by atoms with Crippen LogP contribution in [0.2, 0.25) is 0 Å². The molecule has 1 aromatic heterocycles. The minimum Gasteiger partial charge on any atom is -0.355 e. The number of amides is 2. The van der Waals surface area contributed by atoms with Crippen molar-refractivity contribution in [2.24, 2.45) is 0 Å². The van der Waals surface area contributed by atoms with Gasteiger partial charge in [0.05, 0.1) is 11.4 Å². The molecule has 1 aliphatic heterocycles. The minimum atomic E-state index is -0.611. The molecular formula is C21H18FN3O2. The fraction of sp³-hybridized carbons (Fsp3) is 0.190. The normalized spacial score (nSPS) is 15.9. The fourth-order valence-corrected chi connectivity index (χ4v) is 3.48. The first kappa shape index (κ1) is 17.1. The third kappa shape index (κ3) is 3.51. The predicted octanol–water partition coefficient (Wildman–Crippen LogP) is 3.16. The molecule has 3 aromatic rings. The van der Waals surface area contributed by atoms with Gasteiger partial charge in [-0.2, -0.15) is 0 Å². The van der Waals surface area contributed by atoms with Gasteiger partial charge in [-0.1, -0.05) is 30.3 Å². The van der Waals surface area contributed by atoms with Gasteiger partial charge in [0, 0.05) is 30.2 Å². The number of halogens is 1. The van der Waals surface area contributed by atoms with Crippen molar-refractivity contribution in [2.75, 3.05) is 11.9 Å². The maximum absolute atomic E-state index is 13.4. The lowest BCUT2D eigenvalue weighted by Gasteiger charge is -2.25. The smallest absolute Gasteiger partial charge is 0.228 e. The van der Waals surface area contributed by atoms with Gasteiger partial charge in [-0.25, -0.2) is 4.39 Å². The average molecular weight is 363 g/mol. The van der Waals surface area contributed by atoms with Crippen LogP contribution in [0.5, 0.6) is 0 Å². The summed E-state index contributed by atoms with van der Waals surface area (Å²) in [6, 6.07) is 14.0. The number of nitrogens with zero attached hydrogens (tertiary/aromatic N) is 1. The van der Waals surface area contributed by atoms with Crippen LogP contribution in [0.25, 0.3) is 10.9 Å². The van der Waals surface area contributed by atoms with Gasteiger partial charge in [0.25, 0.3) is 0 Å². The molecule has 4 rings (SSSR count). The Balaban J connectivity index is 1.46. The summed E-state index contributed by atoms with van der Waals surface area (Å²) in [5.74, 6) is -1.57. The molecule has 0 fully saturated rings. The lowest BCUT2D eigenvalue weighted by molar-refractivity contribution is -0.126. The van der Waals surface area contributed by atoms with Crippen molar-refractivity contribution < 1.29 is 14.0 Å². The zero-order chi connectivity index (χ0) is 18.8. The lowest BCUT2D eigenvalue weighted by Crippen LogP contribution is -2.36. The molecule has 0 spiro atoms. The van der Waals surface area contributed by atoms with Gasteiger partial charge >= 0.3 is 0 Å². The van der Waals surface area contributed by atoms with Gasteiger partial charge in [-0.05, 0) is 35.7 Å². The summed E-state index contributed by atoms with van der Waals surface area (Å²) in [5, 5.41) is 6.58. The van der Waals surface area contributed by atoms with Crippen LogP contribution in [0.4, 0.5) is 10.1 Å². The Hall–Kier alpha value is -3.28. The number of rotatable bonds is 4. The summed E-state index contributed by atoms with van der Waals surface area (Å²) in [4.78, 5) is 28.9. The van der Waals surface area contributed by atoms with E-state index in [1.54, 1.807) is 12.3 Å². The number of nitrogens with one attached hydrogen (secondary N) is 2. The second-order valence-corrected chi connectivity index (χ2v) is 6.57. The van der Waals surface area contributed by atoms with E-state index >= 15 is 0 Å². The zero-order valence-corrected chi connectivity index (χ0v) is 14.5. The van der Waals surface area contributed by atoms with Crippen molar-refractivity contribution in [1.29, 1.82) is 0 Å². The first-order valence-electron chi connectivity index (χ1n) is 8.81. The monoisotopic (exact) mass is 363 g/mol. The number of carbonyl (C=O) groups is 2. The van der Waals surface area contributed by atoms with Crippen molar-refractivity contribution in [1.82, 2.24) is 10.3 Å². The number of hydrogen-bond donors (Lipinski definition) is 2. The van der Waals surface area contributed by atoms with Gasteiger partial charge in [-0.15, -0.1) is 0 Å². The molecule has 27 heavy (non-hydrogen) atoms. The highest BCUT2D eigenvalue weighted by molar-refractivity contribution is 6.01. The first-order valence-corrected chi connectivity index (χ1v) is 8.81. The Bertz CT molecular complexity index is 1030. The van der Waals surface area contributed by atoms with E-state index in [2.05, 4.69) is 15.6 Å². The topological polar surface area (TPSA) is 71.1 Å². The fourth-order valence-electron chi connectivity index (χ4n) is 3.48.